The fraction of sp³-hybridized carbons (Fsp3) is 0.435. The van der Waals surface area contributed by atoms with Crippen LogP contribution < -0.4 is 4.90 Å². The van der Waals surface area contributed by atoms with Gasteiger partial charge in [-0.1, -0.05) is 41.4 Å². The van der Waals surface area contributed by atoms with E-state index in [1.165, 1.54) is 18.4 Å². The van der Waals surface area contributed by atoms with Gasteiger partial charge in [-0.15, -0.1) is 0 Å². The van der Waals surface area contributed by atoms with Gasteiger partial charge < -0.3 is 9.64 Å². The van der Waals surface area contributed by atoms with Crippen LogP contribution in [0.4, 0.5) is 5.69 Å². The highest BCUT2D eigenvalue weighted by Crippen LogP contribution is 2.38. The van der Waals surface area contributed by atoms with E-state index in [0.29, 0.717) is 5.92 Å². The first-order valence-electron chi connectivity index (χ1n) is 10.1. The maximum atomic E-state index is 11.7. The Labute approximate surface area is 182 Å². The van der Waals surface area contributed by atoms with Crippen LogP contribution in [0.2, 0.25) is 10.0 Å². The lowest BCUT2D eigenvalue weighted by atomic mass is 9.90. The number of rotatable bonds is 5. The van der Waals surface area contributed by atoms with Gasteiger partial charge in [0.2, 0.25) is 0 Å². The number of methoxy groups -OCH3 is 1. The number of anilines is 1. The zero-order valence-electron chi connectivity index (χ0n) is 16.6. The van der Waals surface area contributed by atoms with Crippen molar-refractivity contribution in [3.63, 3.8) is 0 Å². The zero-order chi connectivity index (χ0) is 20.4. The Kier molecular flexibility index (Phi) is 6.33. The van der Waals surface area contributed by atoms with Gasteiger partial charge in [-0.3, -0.25) is 9.69 Å². The first kappa shape index (κ1) is 20.5. The van der Waals surface area contributed by atoms with Crippen molar-refractivity contribution in [3.8, 4) is 0 Å². The van der Waals surface area contributed by atoms with Crippen LogP contribution in [0.25, 0.3) is 0 Å². The molecule has 2 fully saturated rings. The average molecular weight is 433 g/mol. The highest BCUT2D eigenvalue weighted by Gasteiger charge is 2.31. The number of carbonyl (C=O) groups excluding carboxylic acids is 1. The van der Waals surface area contributed by atoms with Crippen molar-refractivity contribution < 1.29 is 9.53 Å². The molecule has 2 aromatic rings. The van der Waals surface area contributed by atoms with Crippen molar-refractivity contribution in [1.29, 1.82) is 0 Å². The molecule has 0 aliphatic carbocycles. The highest BCUT2D eigenvalue weighted by molar-refractivity contribution is 6.36. The predicted octanol–water partition coefficient (Wildman–Crippen LogP) is 4.98. The van der Waals surface area contributed by atoms with Crippen molar-refractivity contribution in [2.45, 2.75) is 25.3 Å². The van der Waals surface area contributed by atoms with Gasteiger partial charge in [0.15, 0.2) is 0 Å². The van der Waals surface area contributed by atoms with Crippen LogP contribution in [0.15, 0.2) is 42.5 Å². The largest absolute Gasteiger partial charge is 0.469 e. The summed E-state index contributed by atoms with van der Waals surface area (Å²) in [4.78, 5) is 16.4. The van der Waals surface area contributed by atoms with Gasteiger partial charge in [0.1, 0.15) is 0 Å². The van der Waals surface area contributed by atoms with Crippen LogP contribution in [0.1, 0.15) is 29.9 Å². The van der Waals surface area contributed by atoms with Gasteiger partial charge in [-0.25, -0.2) is 0 Å². The second-order valence-corrected chi connectivity index (χ2v) is 8.79. The Hall–Kier alpha value is -1.75. The van der Waals surface area contributed by atoms with E-state index in [4.69, 9.17) is 27.9 Å². The maximum Gasteiger partial charge on any atom is 0.308 e. The number of likely N-dealkylation sites (tertiary alicyclic amines) is 1. The summed E-state index contributed by atoms with van der Waals surface area (Å²) >= 11 is 12.7. The molecule has 4 rings (SSSR count). The standard InChI is InChI=1S/C23H26Cl2N2O2/c1-29-23(28)17-9-11-26(12-10-17)13-16-5-7-19(8-6-16)27-14-18(15-27)22-20(24)3-2-4-21(22)25/h2-8,17-18H,9-15H2,1H3. The molecule has 0 N–H and O–H groups in total. The summed E-state index contributed by atoms with van der Waals surface area (Å²) in [7, 11) is 1.47. The van der Waals surface area contributed by atoms with Crippen molar-refractivity contribution in [1.82, 2.24) is 4.90 Å². The molecule has 154 valence electrons. The molecule has 2 aromatic carbocycles. The molecule has 0 unspecified atom stereocenters. The lowest BCUT2D eigenvalue weighted by Gasteiger charge is -2.42. The van der Waals surface area contributed by atoms with E-state index in [1.54, 1.807) is 0 Å². The topological polar surface area (TPSA) is 32.8 Å². The third-order valence-corrected chi connectivity index (χ3v) is 6.78. The van der Waals surface area contributed by atoms with E-state index in [-0.39, 0.29) is 11.9 Å². The minimum Gasteiger partial charge on any atom is -0.469 e. The van der Waals surface area contributed by atoms with Crippen LogP contribution >= 0.6 is 23.2 Å². The number of nitrogens with zero attached hydrogens (tertiary/aromatic N) is 2. The fourth-order valence-electron chi connectivity index (χ4n) is 4.34. The minimum atomic E-state index is -0.0695. The van der Waals surface area contributed by atoms with Crippen LogP contribution in [0.5, 0.6) is 0 Å². The molecule has 0 atom stereocenters. The minimum absolute atomic E-state index is 0.0598. The van der Waals surface area contributed by atoms with E-state index in [1.807, 2.05) is 18.2 Å². The molecule has 4 nitrogen and oxygen atoms in total. The van der Waals surface area contributed by atoms with E-state index < -0.39 is 0 Å². The van der Waals surface area contributed by atoms with Gasteiger partial charge in [-0.05, 0) is 61.3 Å². The second-order valence-electron chi connectivity index (χ2n) is 7.98. The van der Waals surface area contributed by atoms with E-state index in [0.717, 1.165) is 61.2 Å². The summed E-state index contributed by atoms with van der Waals surface area (Å²) < 4.78 is 4.87. The lowest BCUT2D eigenvalue weighted by Crippen LogP contribution is -2.45. The third kappa shape index (κ3) is 4.55. The molecule has 0 radical (unpaired) electrons. The summed E-state index contributed by atoms with van der Waals surface area (Å²) in [5, 5.41) is 1.52. The Morgan fingerprint density at radius 2 is 1.66 bits per heavy atom. The van der Waals surface area contributed by atoms with Crippen molar-refractivity contribution >= 4 is 34.9 Å². The number of benzene rings is 2. The maximum absolute atomic E-state index is 11.7. The molecule has 29 heavy (non-hydrogen) atoms. The molecule has 0 amide bonds. The normalized spacial score (nSPS) is 18.5. The van der Waals surface area contributed by atoms with E-state index >= 15 is 0 Å². The first-order chi connectivity index (χ1) is 14.0. The Bertz CT molecular complexity index is 837. The number of hydrogen-bond acceptors (Lipinski definition) is 4. The predicted molar refractivity (Wildman–Crippen MR) is 118 cm³/mol. The van der Waals surface area contributed by atoms with Gasteiger partial charge in [-0.2, -0.15) is 0 Å². The number of ether oxygens (including phenoxy) is 1. The summed E-state index contributed by atoms with van der Waals surface area (Å²) in [6.45, 7) is 4.67. The number of piperidine rings is 1. The molecule has 0 bridgehead atoms. The fourth-order valence-corrected chi connectivity index (χ4v) is 5.04. The number of esters is 1. The Balaban J connectivity index is 1.29. The average Bonchev–Trinajstić information content (AvgIpc) is 2.70. The van der Waals surface area contributed by atoms with Crippen LogP contribution in [-0.4, -0.2) is 44.2 Å². The molecule has 0 saturated carbocycles. The molecule has 2 aliphatic heterocycles. The molecule has 6 heteroatoms. The number of carbonyl (C=O) groups is 1. The van der Waals surface area contributed by atoms with Crippen molar-refractivity contribution in [2.24, 2.45) is 5.92 Å². The monoisotopic (exact) mass is 432 g/mol. The summed E-state index contributed by atoms with van der Waals surface area (Å²) in [6, 6.07) is 14.5. The summed E-state index contributed by atoms with van der Waals surface area (Å²) in [6.07, 6.45) is 1.76. The molecule has 2 heterocycles. The molecule has 0 aromatic heterocycles. The Morgan fingerprint density at radius 1 is 1.03 bits per heavy atom. The number of hydrogen-bond donors (Lipinski definition) is 0. The number of halogens is 2. The van der Waals surface area contributed by atoms with Gasteiger partial charge in [0.25, 0.3) is 0 Å². The molecular formula is C23H26Cl2N2O2. The molecule has 0 spiro atoms. The SMILES string of the molecule is COC(=O)C1CCN(Cc2ccc(N3CC(c4c(Cl)cccc4Cl)C3)cc2)CC1. The van der Waals surface area contributed by atoms with Crippen LogP contribution in [0, 0.1) is 5.92 Å². The van der Waals surface area contributed by atoms with Gasteiger partial charge >= 0.3 is 5.97 Å². The quantitative estimate of drug-likeness (QED) is 0.623. The second kappa shape index (κ2) is 8.95. The van der Waals surface area contributed by atoms with Crippen molar-refractivity contribution in [3.05, 3.63) is 63.6 Å². The Morgan fingerprint density at radius 3 is 2.24 bits per heavy atom. The molecule has 2 saturated heterocycles. The zero-order valence-corrected chi connectivity index (χ0v) is 18.1. The summed E-state index contributed by atoms with van der Waals surface area (Å²) in [5.41, 5.74) is 3.60. The lowest BCUT2D eigenvalue weighted by molar-refractivity contribution is -0.147. The van der Waals surface area contributed by atoms with E-state index in [2.05, 4.69) is 34.1 Å². The van der Waals surface area contributed by atoms with Crippen LogP contribution in [0.3, 0.4) is 0 Å². The van der Waals surface area contributed by atoms with Gasteiger partial charge in [0.05, 0.1) is 13.0 Å². The first-order valence-corrected chi connectivity index (χ1v) is 10.9. The van der Waals surface area contributed by atoms with Crippen LogP contribution in [-0.2, 0) is 16.1 Å². The van der Waals surface area contributed by atoms with Gasteiger partial charge in [0, 0.05) is 41.3 Å². The molecule has 2 aliphatic rings. The third-order valence-electron chi connectivity index (χ3n) is 6.12. The smallest absolute Gasteiger partial charge is 0.308 e. The summed E-state index contributed by atoms with van der Waals surface area (Å²) in [5.74, 6) is 0.372. The van der Waals surface area contributed by atoms with E-state index in [9.17, 15) is 4.79 Å². The highest BCUT2D eigenvalue weighted by atomic mass is 35.5. The molecular weight excluding hydrogens is 407 g/mol. The van der Waals surface area contributed by atoms with Crippen molar-refractivity contribution in [2.75, 3.05) is 38.2 Å².